The second-order valence-electron chi connectivity index (χ2n) is 11.0. The van der Waals surface area contributed by atoms with Crippen molar-refractivity contribution in [3.8, 4) is 0 Å². The number of carbonyl (C=O) groups excluding carboxylic acids is 2. The molecular weight excluding hydrogens is 646 g/mol. The summed E-state index contributed by atoms with van der Waals surface area (Å²) < 4.78 is 34.9. The van der Waals surface area contributed by atoms with Crippen LogP contribution in [0.2, 0.25) is 0 Å². The van der Waals surface area contributed by atoms with Gasteiger partial charge in [0.25, 0.3) is 10.0 Å². The highest BCUT2D eigenvalue weighted by Crippen LogP contribution is 2.42. The molecule has 1 aliphatic heterocycles. The summed E-state index contributed by atoms with van der Waals surface area (Å²) >= 11 is 3.07. The molecular formula is C33H38BrN3O6S. The number of aryl methyl sites for hydroxylation is 1. The van der Waals surface area contributed by atoms with Gasteiger partial charge in [-0.3, -0.25) is 9.52 Å². The number of anilines is 1. The highest BCUT2D eigenvalue weighted by atomic mass is 79.9. The fourth-order valence-electron chi connectivity index (χ4n) is 5.58. The van der Waals surface area contributed by atoms with Crippen LogP contribution < -0.4 is 10.0 Å². The van der Waals surface area contributed by atoms with Gasteiger partial charge in [0, 0.05) is 30.8 Å². The van der Waals surface area contributed by atoms with Crippen LogP contribution in [0.5, 0.6) is 0 Å². The third-order valence-electron chi connectivity index (χ3n) is 7.73. The highest BCUT2D eigenvalue weighted by molar-refractivity contribution is 9.09. The first-order valence-electron chi connectivity index (χ1n) is 14.7. The Morgan fingerprint density at radius 3 is 2.48 bits per heavy atom. The molecule has 0 aliphatic carbocycles. The first kappa shape index (κ1) is 33.2. The zero-order valence-electron chi connectivity index (χ0n) is 24.9. The Morgan fingerprint density at radius 1 is 1.07 bits per heavy atom. The van der Waals surface area contributed by atoms with Gasteiger partial charge in [-0.2, -0.15) is 8.42 Å². The second kappa shape index (κ2) is 14.9. The third kappa shape index (κ3) is 8.26. The Bertz CT molecular complexity index is 1600. The molecule has 2 heterocycles. The minimum atomic E-state index is -4.02. The number of sulfonamides is 1. The molecule has 3 N–H and O–H groups in total. The lowest BCUT2D eigenvalue weighted by molar-refractivity contribution is -0.161. The maximum Gasteiger partial charge on any atom is 0.338 e. The van der Waals surface area contributed by atoms with Gasteiger partial charge in [-0.1, -0.05) is 84.7 Å². The van der Waals surface area contributed by atoms with Crippen molar-refractivity contribution in [2.24, 2.45) is 0 Å². The van der Waals surface area contributed by atoms with Crippen molar-refractivity contribution >= 4 is 43.5 Å². The largest absolute Gasteiger partial charge is 0.512 e. The number of benzene rings is 2. The lowest BCUT2D eigenvalue weighted by atomic mass is 9.80. The van der Waals surface area contributed by atoms with Gasteiger partial charge in [0.2, 0.25) is 5.91 Å². The van der Waals surface area contributed by atoms with Crippen LogP contribution in [0.25, 0.3) is 0 Å². The second-order valence-corrected chi connectivity index (χ2v) is 13.1. The van der Waals surface area contributed by atoms with Crippen LogP contribution in [-0.2, 0) is 37.3 Å². The Balaban J connectivity index is 1.52. The van der Waals surface area contributed by atoms with Crippen LogP contribution in [-0.4, -0.2) is 41.3 Å². The van der Waals surface area contributed by atoms with Gasteiger partial charge in [0.05, 0.1) is 10.9 Å². The molecule has 9 nitrogen and oxygen atoms in total. The van der Waals surface area contributed by atoms with Gasteiger partial charge < -0.3 is 15.2 Å². The number of rotatable bonds is 14. The predicted octanol–water partition coefficient (Wildman–Crippen LogP) is 6.32. The monoisotopic (exact) mass is 683 g/mol. The zero-order chi connectivity index (χ0) is 31.7. The van der Waals surface area contributed by atoms with E-state index in [0.29, 0.717) is 36.1 Å². The van der Waals surface area contributed by atoms with E-state index < -0.39 is 27.5 Å². The molecule has 0 unspecified atom stereocenters. The minimum Gasteiger partial charge on any atom is -0.512 e. The standard InChI is InChI=1S/C33H38BrN3O6S/c1-3-16-33(17-15-23-9-6-5-7-10-23)19-28(38)31(32(40)43-33)27(4-2)25-11-8-12-26(18-25)37-44(41,42)30-14-13-24(22-36-30)21-35-29(39)20-34/h5-14,18,22,27,37-38H,3-4,15-17,19-21H2,1-2H3,(H,35,39)/t27-,33-/m1/s1. The highest BCUT2D eigenvalue weighted by Gasteiger charge is 2.43. The number of aliphatic hydroxyl groups is 1. The maximum absolute atomic E-state index is 13.5. The summed E-state index contributed by atoms with van der Waals surface area (Å²) in [6.07, 6.45) is 4.88. The number of nitrogens with zero attached hydrogens (tertiary/aromatic N) is 1. The first-order valence-corrected chi connectivity index (χ1v) is 17.3. The quantitative estimate of drug-likeness (QED) is 0.134. The number of cyclic esters (lactones) is 1. The number of aliphatic hydroxyl groups excluding tert-OH is 1. The number of hydrogen-bond acceptors (Lipinski definition) is 7. The Morgan fingerprint density at radius 2 is 1.84 bits per heavy atom. The number of aromatic nitrogens is 1. The van der Waals surface area contributed by atoms with Crippen molar-refractivity contribution in [2.75, 3.05) is 10.1 Å². The van der Waals surface area contributed by atoms with Gasteiger partial charge in [0.1, 0.15) is 11.4 Å². The van der Waals surface area contributed by atoms with E-state index in [2.05, 4.69) is 31.0 Å². The molecule has 0 saturated heterocycles. The van der Waals surface area contributed by atoms with Crippen molar-refractivity contribution in [2.45, 2.75) is 75.5 Å². The molecule has 4 rings (SSSR count). The van der Waals surface area contributed by atoms with E-state index >= 15 is 0 Å². The fraction of sp³-hybridized carbons (Fsp3) is 0.364. The van der Waals surface area contributed by atoms with E-state index in [1.54, 1.807) is 30.3 Å². The molecule has 1 amide bonds. The first-order chi connectivity index (χ1) is 21.1. The summed E-state index contributed by atoms with van der Waals surface area (Å²) in [5.74, 6) is -1.20. The Labute approximate surface area is 267 Å². The van der Waals surface area contributed by atoms with Gasteiger partial charge in [0.15, 0.2) is 5.03 Å². The van der Waals surface area contributed by atoms with Crippen molar-refractivity contribution in [1.82, 2.24) is 10.3 Å². The summed E-state index contributed by atoms with van der Waals surface area (Å²) in [6, 6.07) is 19.7. The Hall–Kier alpha value is -3.70. The van der Waals surface area contributed by atoms with Gasteiger partial charge >= 0.3 is 5.97 Å². The lowest BCUT2D eigenvalue weighted by Gasteiger charge is -2.38. The Kier molecular flexibility index (Phi) is 11.2. The number of halogens is 1. The summed E-state index contributed by atoms with van der Waals surface area (Å²) in [5.41, 5.74) is 2.19. The van der Waals surface area contributed by atoms with Crippen molar-refractivity contribution in [1.29, 1.82) is 0 Å². The van der Waals surface area contributed by atoms with Crippen LogP contribution in [0.4, 0.5) is 5.69 Å². The van der Waals surface area contributed by atoms with Crippen LogP contribution in [0.3, 0.4) is 0 Å². The molecule has 2 aromatic carbocycles. The van der Waals surface area contributed by atoms with E-state index in [1.807, 2.05) is 44.2 Å². The fourth-order valence-corrected chi connectivity index (χ4v) is 6.76. The van der Waals surface area contributed by atoms with E-state index in [-0.39, 0.29) is 40.6 Å². The number of carbonyl (C=O) groups is 2. The third-order valence-corrected chi connectivity index (χ3v) is 9.54. The summed E-state index contributed by atoms with van der Waals surface area (Å²) in [4.78, 5) is 29.0. The summed E-state index contributed by atoms with van der Waals surface area (Å²) in [5, 5.41) is 14.0. The molecule has 0 bridgehead atoms. The van der Waals surface area contributed by atoms with Crippen LogP contribution in [0.1, 0.15) is 68.6 Å². The molecule has 11 heteroatoms. The minimum absolute atomic E-state index is 0.0252. The smallest absolute Gasteiger partial charge is 0.338 e. The van der Waals surface area contributed by atoms with E-state index in [9.17, 15) is 23.1 Å². The van der Waals surface area contributed by atoms with E-state index in [1.165, 1.54) is 12.3 Å². The van der Waals surface area contributed by atoms with Gasteiger partial charge in [-0.15, -0.1) is 0 Å². The molecule has 0 saturated carbocycles. The number of nitrogens with one attached hydrogen (secondary N) is 2. The molecule has 0 radical (unpaired) electrons. The number of ether oxygens (including phenoxy) is 1. The predicted molar refractivity (Wildman–Crippen MR) is 173 cm³/mol. The van der Waals surface area contributed by atoms with Crippen LogP contribution >= 0.6 is 15.9 Å². The van der Waals surface area contributed by atoms with Crippen LogP contribution in [0.15, 0.2) is 89.3 Å². The van der Waals surface area contributed by atoms with Crippen LogP contribution in [0, 0.1) is 0 Å². The summed E-state index contributed by atoms with van der Waals surface area (Å²) in [6.45, 7) is 4.17. The molecule has 1 aliphatic rings. The number of pyridine rings is 1. The van der Waals surface area contributed by atoms with Crippen molar-refractivity contribution in [3.63, 3.8) is 0 Å². The van der Waals surface area contributed by atoms with E-state index in [0.717, 1.165) is 18.4 Å². The maximum atomic E-state index is 13.5. The average Bonchev–Trinajstić information content (AvgIpc) is 3.01. The molecule has 2 atom stereocenters. The van der Waals surface area contributed by atoms with E-state index in [4.69, 9.17) is 4.74 Å². The molecule has 234 valence electrons. The van der Waals surface area contributed by atoms with Crippen molar-refractivity contribution < 1.29 is 27.9 Å². The molecule has 0 fully saturated rings. The molecule has 0 spiro atoms. The normalized spacial score (nSPS) is 17.6. The van der Waals surface area contributed by atoms with Gasteiger partial charge in [-0.05, 0) is 60.6 Å². The SMILES string of the molecule is CCC[C@@]1(CCc2ccccc2)CC(O)=C([C@H](CC)c2cccc(NS(=O)(=O)c3ccc(CNC(=O)CBr)cn3)c2)C(=O)O1. The molecule has 1 aromatic heterocycles. The molecule has 44 heavy (non-hydrogen) atoms. The number of esters is 1. The molecule has 3 aromatic rings. The van der Waals surface area contributed by atoms with Crippen molar-refractivity contribution in [3.05, 3.63) is 101 Å². The number of hydrogen-bond donors (Lipinski definition) is 3. The number of amides is 1. The number of alkyl halides is 1. The lowest BCUT2D eigenvalue weighted by Crippen LogP contribution is -2.41. The topological polar surface area (TPSA) is 135 Å². The summed E-state index contributed by atoms with van der Waals surface area (Å²) in [7, 11) is -4.02. The zero-order valence-corrected chi connectivity index (χ0v) is 27.3. The van der Waals surface area contributed by atoms with Gasteiger partial charge in [-0.25, -0.2) is 9.78 Å². The average molecular weight is 685 g/mol.